The van der Waals surface area contributed by atoms with Gasteiger partial charge in [-0.15, -0.1) is 0 Å². The number of halogens is 1. The Morgan fingerprint density at radius 1 is 1.05 bits per heavy atom. The van der Waals surface area contributed by atoms with E-state index in [2.05, 4.69) is 26.5 Å². The van der Waals surface area contributed by atoms with Crippen LogP contribution in [0, 0.1) is 0 Å². The van der Waals surface area contributed by atoms with Gasteiger partial charge in [0.1, 0.15) is 0 Å². The lowest BCUT2D eigenvalue weighted by atomic mass is 10.0. The first-order valence-corrected chi connectivity index (χ1v) is 7.40. The van der Waals surface area contributed by atoms with E-state index in [0.29, 0.717) is 0 Å². The predicted molar refractivity (Wildman–Crippen MR) is 86.9 cm³/mol. The maximum absolute atomic E-state index is 5.79. The lowest BCUT2D eigenvalue weighted by Gasteiger charge is -2.18. The highest BCUT2D eigenvalue weighted by Gasteiger charge is 2.18. The molecule has 5 heteroatoms. The summed E-state index contributed by atoms with van der Waals surface area (Å²) in [5.41, 5.74) is 5.95. The van der Waals surface area contributed by atoms with Gasteiger partial charge >= 0.3 is 0 Å². The second-order valence-electron chi connectivity index (χ2n) is 4.66. The molecule has 3 aromatic rings. The number of nitrogens with one attached hydrogen (secondary N) is 1. The van der Waals surface area contributed by atoms with Gasteiger partial charge in [-0.2, -0.15) is 5.10 Å². The second kappa shape index (κ2) is 6.22. The summed E-state index contributed by atoms with van der Waals surface area (Å²) in [4.78, 5) is 0. The zero-order chi connectivity index (χ0) is 14.7. The fraction of sp³-hybridized carbons (Fsp3) is 0.0625. The van der Waals surface area contributed by atoms with Crippen LogP contribution in [0.25, 0.3) is 5.69 Å². The summed E-state index contributed by atoms with van der Waals surface area (Å²) < 4.78 is 2.91. The first-order valence-electron chi connectivity index (χ1n) is 6.60. The van der Waals surface area contributed by atoms with Crippen LogP contribution in [0.2, 0.25) is 0 Å². The fourth-order valence-corrected chi connectivity index (χ4v) is 2.77. The topological polar surface area (TPSA) is 55.9 Å². The predicted octanol–water partition coefficient (Wildman–Crippen LogP) is 3.19. The van der Waals surface area contributed by atoms with Gasteiger partial charge in [-0.25, -0.2) is 10.1 Å². The van der Waals surface area contributed by atoms with Crippen molar-refractivity contribution in [2.75, 3.05) is 0 Å². The molecule has 21 heavy (non-hydrogen) atoms. The molecule has 0 saturated carbocycles. The minimum Gasteiger partial charge on any atom is -0.271 e. The maximum atomic E-state index is 5.79. The van der Waals surface area contributed by atoms with Crippen molar-refractivity contribution in [2.24, 2.45) is 5.84 Å². The molecule has 0 spiro atoms. The third-order valence-corrected chi connectivity index (χ3v) is 3.81. The Labute approximate surface area is 131 Å². The van der Waals surface area contributed by atoms with Crippen molar-refractivity contribution in [1.29, 1.82) is 0 Å². The molecule has 1 aromatic heterocycles. The summed E-state index contributed by atoms with van der Waals surface area (Å²) in [6, 6.07) is 19.9. The Hall–Kier alpha value is -1.95. The monoisotopic (exact) mass is 342 g/mol. The first kappa shape index (κ1) is 14.0. The Morgan fingerprint density at radius 2 is 1.86 bits per heavy atom. The molecule has 0 aliphatic rings. The largest absolute Gasteiger partial charge is 0.271 e. The van der Waals surface area contributed by atoms with E-state index in [1.807, 2.05) is 65.3 Å². The third-order valence-electron chi connectivity index (χ3n) is 3.32. The van der Waals surface area contributed by atoms with Crippen LogP contribution in [0.1, 0.15) is 17.3 Å². The summed E-state index contributed by atoms with van der Waals surface area (Å²) >= 11 is 3.50. The average molecular weight is 343 g/mol. The molecular formula is C16H15BrN4. The Morgan fingerprint density at radius 3 is 2.57 bits per heavy atom. The van der Waals surface area contributed by atoms with E-state index >= 15 is 0 Å². The smallest absolute Gasteiger partial charge is 0.0883 e. The van der Waals surface area contributed by atoms with Gasteiger partial charge in [-0.1, -0.05) is 46.3 Å². The molecule has 0 radical (unpaired) electrons. The van der Waals surface area contributed by atoms with Crippen LogP contribution in [0.3, 0.4) is 0 Å². The Kier molecular flexibility index (Phi) is 4.15. The Balaban J connectivity index is 2.05. The fourth-order valence-electron chi connectivity index (χ4n) is 2.36. The van der Waals surface area contributed by atoms with Gasteiger partial charge in [0.15, 0.2) is 0 Å². The lowest BCUT2D eigenvalue weighted by Crippen LogP contribution is -2.30. The molecule has 1 heterocycles. The quantitative estimate of drug-likeness (QED) is 0.565. The summed E-state index contributed by atoms with van der Waals surface area (Å²) in [5.74, 6) is 5.79. The normalized spacial score (nSPS) is 12.3. The van der Waals surface area contributed by atoms with Crippen molar-refractivity contribution in [3.05, 3.63) is 82.6 Å². The molecule has 0 bridgehead atoms. The number of hydrogen-bond acceptors (Lipinski definition) is 3. The van der Waals surface area contributed by atoms with Crippen molar-refractivity contribution in [3.8, 4) is 5.69 Å². The zero-order valence-corrected chi connectivity index (χ0v) is 12.9. The molecule has 4 nitrogen and oxygen atoms in total. The molecule has 0 saturated heterocycles. The molecule has 0 aliphatic heterocycles. The average Bonchev–Trinajstić information content (AvgIpc) is 2.98. The number of rotatable bonds is 4. The van der Waals surface area contributed by atoms with E-state index < -0.39 is 0 Å². The van der Waals surface area contributed by atoms with Crippen molar-refractivity contribution >= 4 is 15.9 Å². The van der Waals surface area contributed by atoms with Gasteiger partial charge in [0.25, 0.3) is 0 Å². The first-order chi connectivity index (χ1) is 10.3. The molecule has 106 valence electrons. The number of para-hydroxylation sites is 1. The standard InChI is InChI=1S/C16H15BrN4/c17-13-6-4-5-12(11-13)16(20-18)15-9-10-19-21(15)14-7-2-1-3-8-14/h1-11,16,20H,18H2. The van der Waals surface area contributed by atoms with Crippen molar-refractivity contribution in [3.63, 3.8) is 0 Å². The van der Waals surface area contributed by atoms with Gasteiger partial charge in [0, 0.05) is 10.7 Å². The molecule has 0 fully saturated rings. The number of nitrogens with zero attached hydrogens (tertiary/aromatic N) is 2. The van der Waals surface area contributed by atoms with Gasteiger partial charge in [0.05, 0.1) is 17.4 Å². The van der Waals surface area contributed by atoms with Crippen molar-refractivity contribution in [2.45, 2.75) is 6.04 Å². The minimum absolute atomic E-state index is 0.134. The van der Waals surface area contributed by atoms with E-state index in [1.54, 1.807) is 6.20 Å². The lowest BCUT2D eigenvalue weighted by molar-refractivity contribution is 0.597. The van der Waals surface area contributed by atoms with Gasteiger partial charge < -0.3 is 0 Å². The van der Waals surface area contributed by atoms with E-state index in [1.165, 1.54) is 0 Å². The summed E-state index contributed by atoms with van der Waals surface area (Å²) in [7, 11) is 0. The molecular weight excluding hydrogens is 328 g/mol. The van der Waals surface area contributed by atoms with E-state index in [0.717, 1.165) is 21.4 Å². The molecule has 1 unspecified atom stereocenters. The molecule has 2 aromatic carbocycles. The number of hydrazine groups is 1. The number of benzene rings is 2. The van der Waals surface area contributed by atoms with E-state index in [9.17, 15) is 0 Å². The third kappa shape index (κ3) is 2.90. The highest BCUT2D eigenvalue weighted by atomic mass is 79.9. The SMILES string of the molecule is NNC(c1cccc(Br)c1)c1ccnn1-c1ccccc1. The molecule has 3 rings (SSSR count). The van der Waals surface area contributed by atoms with E-state index in [4.69, 9.17) is 5.84 Å². The second-order valence-corrected chi connectivity index (χ2v) is 5.57. The molecule has 1 atom stereocenters. The van der Waals surface area contributed by atoms with Gasteiger partial charge in [0.2, 0.25) is 0 Å². The zero-order valence-electron chi connectivity index (χ0n) is 11.3. The van der Waals surface area contributed by atoms with Crippen LogP contribution in [0.5, 0.6) is 0 Å². The van der Waals surface area contributed by atoms with Crippen LogP contribution in [-0.2, 0) is 0 Å². The highest BCUT2D eigenvalue weighted by Crippen LogP contribution is 2.25. The van der Waals surface area contributed by atoms with Crippen LogP contribution in [-0.4, -0.2) is 9.78 Å². The van der Waals surface area contributed by atoms with Gasteiger partial charge in [-0.05, 0) is 35.9 Å². The van der Waals surface area contributed by atoms with E-state index in [-0.39, 0.29) is 6.04 Å². The van der Waals surface area contributed by atoms with Crippen molar-refractivity contribution < 1.29 is 0 Å². The summed E-state index contributed by atoms with van der Waals surface area (Å²) in [6.07, 6.45) is 1.78. The minimum atomic E-state index is -0.134. The molecule has 3 N–H and O–H groups in total. The van der Waals surface area contributed by atoms with Crippen LogP contribution < -0.4 is 11.3 Å². The van der Waals surface area contributed by atoms with Crippen molar-refractivity contribution in [1.82, 2.24) is 15.2 Å². The number of nitrogens with two attached hydrogens (primary N) is 1. The van der Waals surface area contributed by atoms with Crippen LogP contribution in [0.4, 0.5) is 0 Å². The molecule has 0 amide bonds. The van der Waals surface area contributed by atoms with Gasteiger partial charge in [-0.3, -0.25) is 5.84 Å². The van der Waals surface area contributed by atoms with Crippen LogP contribution in [0.15, 0.2) is 71.3 Å². The maximum Gasteiger partial charge on any atom is 0.0883 e. The van der Waals surface area contributed by atoms with Crippen LogP contribution >= 0.6 is 15.9 Å². The number of aromatic nitrogens is 2. The highest BCUT2D eigenvalue weighted by molar-refractivity contribution is 9.10. The Bertz CT molecular complexity index is 724. The summed E-state index contributed by atoms with van der Waals surface area (Å²) in [6.45, 7) is 0. The molecule has 0 aliphatic carbocycles. The summed E-state index contributed by atoms with van der Waals surface area (Å²) in [5, 5.41) is 4.41. The number of hydrogen-bond donors (Lipinski definition) is 2.